The highest BCUT2D eigenvalue weighted by Crippen LogP contribution is 2.53. The van der Waals surface area contributed by atoms with Gasteiger partial charge in [-0.25, -0.2) is 18.9 Å². The molecule has 0 radical (unpaired) electrons. The molecule has 39 heavy (non-hydrogen) atoms. The molecular formula is C26H35N2O10P. The quantitative estimate of drug-likeness (QED) is 0.276. The predicted molar refractivity (Wildman–Crippen MR) is 141 cm³/mol. The SMILES string of the molecule is COc1cc(C(=O)O[C@H]2C[C@H](OP(=O)(N(C)C)N(C)C)O[C@@H]2COC(=O)c2ccccc2)cc(OC)c1OC. The fourth-order valence-electron chi connectivity index (χ4n) is 3.94. The lowest BCUT2D eigenvalue weighted by Gasteiger charge is -2.31. The summed E-state index contributed by atoms with van der Waals surface area (Å²) in [5.74, 6) is -0.391. The third-order valence-corrected chi connectivity index (χ3v) is 8.51. The second-order valence-electron chi connectivity index (χ2n) is 8.95. The van der Waals surface area contributed by atoms with Crippen molar-refractivity contribution < 1.29 is 47.1 Å². The van der Waals surface area contributed by atoms with Crippen LogP contribution < -0.4 is 14.2 Å². The molecule has 2 aromatic carbocycles. The summed E-state index contributed by atoms with van der Waals surface area (Å²) in [6, 6.07) is 11.4. The molecule has 0 N–H and O–H groups in total. The summed E-state index contributed by atoms with van der Waals surface area (Å²) in [5, 5.41) is 0. The lowest BCUT2D eigenvalue weighted by Crippen LogP contribution is -2.32. The topological polar surface area (TPSA) is 122 Å². The van der Waals surface area contributed by atoms with E-state index in [4.69, 9.17) is 32.9 Å². The standard InChI is InChI=1S/C26H35N2O10P/c1-27(2)39(31,28(3)4)38-23-15-19(22(36-23)16-35-25(29)17-11-9-8-10-12-17)37-26(30)18-13-20(32-5)24(34-7)21(14-18)33-6/h8-14,19,22-23H,15-16H2,1-7H3/t19-,22+,23-/m0/s1. The van der Waals surface area contributed by atoms with Gasteiger partial charge in [-0.15, -0.1) is 0 Å². The van der Waals surface area contributed by atoms with Crippen LogP contribution in [0, 0.1) is 0 Å². The Kier molecular flexibility index (Phi) is 10.3. The van der Waals surface area contributed by atoms with E-state index in [0.29, 0.717) is 11.3 Å². The van der Waals surface area contributed by atoms with Crippen LogP contribution in [0.1, 0.15) is 27.1 Å². The molecule has 1 fully saturated rings. The molecule has 2 aromatic rings. The van der Waals surface area contributed by atoms with Gasteiger partial charge in [0.05, 0.1) is 32.5 Å². The first-order chi connectivity index (χ1) is 18.5. The van der Waals surface area contributed by atoms with Crippen molar-refractivity contribution >= 4 is 19.6 Å². The normalized spacial score (nSPS) is 19.2. The Hall–Kier alpha value is -3.15. The molecule has 1 aliphatic rings. The largest absolute Gasteiger partial charge is 0.493 e. The van der Waals surface area contributed by atoms with E-state index in [0.717, 1.165) is 0 Å². The van der Waals surface area contributed by atoms with Crippen molar-refractivity contribution in [2.24, 2.45) is 0 Å². The Morgan fingerprint density at radius 1 is 0.897 bits per heavy atom. The van der Waals surface area contributed by atoms with Gasteiger partial charge < -0.3 is 28.4 Å². The minimum Gasteiger partial charge on any atom is -0.493 e. The average Bonchev–Trinajstić information content (AvgIpc) is 3.30. The Morgan fingerprint density at radius 2 is 1.49 bits per heavy atom. The van der Waals surface area contributed by atoms with E-state index in [1.54, 1.807) is 58.5 Å². The molecule has 1 aliphatic heterocycles. The van der Waals surface area contributed by atoms with Gasteiger partial charge >= 0.3 is 19.6 Å². The Balaban J connectivity index is 1.82. The molecule has 214 valence electrons. The van der Waals surface area contributed by atoms with E-state index >= 15 is 0 Å². The number of ether oxygens (including phenoxy) is 6. The second kappa shape index (κ2) is 13.3. The highest BCUT2D eigenvalue weighted by molar-refractivity contribution is 7.53. The van der Waals surface area contributed by atoms with Crippen molar-refractivity contribution in [3.63, 3.8) is 0 Å². The van der Waals surface area contributed by atoms with Crippen molar-refractivity contribution in [1.29, 1.82) is 0 Å². The van der Waals surface area contributed by atoms with Gasteiger partial charge in [0.15, 0.2) is 17.8 Å². The van der Waals surface area contributed by atoms with Gasteiger partial charge in [-0.3, -0.25) is 9.09 Å². The van der Waals surface area contributed by atoms with Crippen LogP contribution in [0.3, 0.4) is 0 Å². The van der Waals surface area contributed by atoms with Crippen LogP contribution in [-0.2, 0) is 23.3 Å². The van der Waals surface area contributed by atoms with Gasteiger partial charge in [-0.05, 0) is 52.5 Å². The molecule has 0 amide bonds. The van der Waals surface area contributed by atoms with Crippen LogP contribution >= 0.6 is 7.67 Å². The fraction of sp³-hybridized carbons (Fsp3) is 0.462. The number of hydrogen-bond acceptors (Lipinski definition) is 10. The molecule has 0 saturated carbocycles. The zero-order valence-corrected chi connectivity index (χ0v) is 24.0. The molecule has 0 aliphatic carbocycles. The van der Waals surface area contributed by atoms with Crippen LogP contribution in [0.4, 0.5) is 0 Å². The molecule has 3 rings (SSSR count). The molecule has 12 nitrogen and oxygen atoms in total. The lowest BCUT2D eigenvalue weighted by atomic mass is 10.1. The summed E-state index contributed by atoms with van der Waals surface area (Å²) in [4.78, 5) is 25.7. The third-order valence-electron chi connectivity index (χ3n) is 5.98. The van der Waals surface area contributed by atoms with Gasteiger partial charge in [-0.2, -0.15) is 0 Å². The van der Waals surface area contributed by atoms with Crippen molar-refractivity contribution in [3.05, 3.63) is 53.6 Å². The van der Waals surface area contributed by atoms with Crippen molar-refractivity contribution in [3.8, 4) is 17.2 Å². The Labute approximate surface area is 228 Å². The van der Waals surface area contributed by atoms with Gasteiger partial charge in [0.1, 0.15) is 18.8 Å². The number of carbonyl (C=O) groups excluding carboxylic acids is 2. The van der Waals surface area contributed by atoms with E-state index in [1.807, 2.05) is 0 Å². The highest BCUT2D eigenvalue weighted by atomic mass is 31.2. The monoisotopic (exact) mass is 566 g/mol. The number of hydrogen-bond donors (Lipinski definition) is 0. The summed E-state index contributed by atoms with van der Waals surface area (Å²) in [6.45, 7) is -0.227. The maximum absolute atomic E-state index is 13.4. The van der Waals surface area contributed by atoms with Gasteiger partial charge in [-0.1, -0.05) is 18.2 Å². The second-order valence-corrected chi connectivity index (χ2v) is 11.7. The number of rotatable bonds is 12. The summed E-state index contributed by atoms with van der Waals surface area (Å²) >= 11 is 0. The molecule has 1 saturated heterocycles. The number of methoxy groups -OCH3 is 3. The summed E-state index contributed by atoms with van der Waals surface area (Å²) < 4.78 is 55.3. The average molecular weight is 567 g/mol. The summed E-state index contributed by atoms with van der Waals surface area (Å²) in [7, 11) is 7.38. The first-order valence-corrected chi connectivity index (χ1v) is 13.6. The molecule has 0 bridgehead atoms. The lowest BCUT2D eigenvalue weighted by molar-refractivity contribution is -0.101. The minimum atomic E-state index is -3.43. The molecular weight excluding hydrogens is 531 g/mol. The van der Waals surface area contributed by atoms with E-state index in [-0.39, 0.29) is 30.1 Å². The van der Waals surface area contributed by atoms with E-state index in [2.05, 4.69) is 0 Å². The Bertz CT molecular complexity index is 1150. The number of nitrogens with zero attached hydrogens (tertiary/aromatic N) is 2. The van der Waals surface area contributed by atoms with E-state index < -0.39 is 38.1 Å². The van der Waals surface area contributed by atoms with E-state index in [1.165, 1.54) is 42.8 Å². The molecule has 0 aromatic heterocycles. The highest BCUT2D eigenvalue weighted by Gasteiger charge is 2.44. The van der Waals surface area contributed by atoms with Gasteiger partial charge in [0, 0.05) is 6.42 Å². The molecule has 0 unspecified atom stereocenters. The number of carbonyl (C=O) groups is 2. The van der Waals surface area contributed by atoms with Crippen LogP contribution in [0.15, 0.2) is 42.5 Å². The van der Waals surface area contributed by atoms with Crippen LogP contribution in [0.25, 0.3) is 0 Å². The van der Waals surface area contributed by atoms with Crippen molar-refractivity contribution in [2.45, 2.75) is 24.9 Å². The number of benzene rings is 2. The Morgan fingerprint density at radius 3 is 2.00 bits per heavy atom. The predicted octanol–water partition coefficient (Wildman–Crippen LogP) is 3.46. The smallest absolute Gasteiger partial charge is 0.347 e. The van der Waals surface area contributed by atoms with Crippen LogP contribution in [0.2, 0.25) is 0 Å². The van der Waals surface area contributed by atoms with Crippen LogP contribution in [-0.4, -0.2) is 95.9 Å². The van der Waals surface area contributed by atoms with Crippen molar-refractivity contribution in [2.75, 3.05) is 56.1 Å². The minimum absolute atomic E-state index is 0.0510. The number of esters is 2. The maximum Gasteiger partial charge on any atom is 0.347 e. The van der Waals surface area contributed by atoms with Crippen molar-refractivity contribution in [1.82, 2.24) is 9.34 Å². The molecule has 1 heterocycles. The maximum atomic E-state index is 13.4. The molecule has 13 heteroatoms. The van der Waals surface area contributed by atoms with Crippen LogP contribution in [0.5, 0.6) is 17.2 Å². The summed E-state index contributed by atoms with van der Waals surface area (Å²) in [6.07, 6.45) is -2.72. The summed E-state index contributed by atoms with van der Waals surface area (Å²) in [5.41, 5.74) is 0.500. The molecule has 3 atom stereocenters. The van der Waals surface area contributed by atoms with Gasteiger partial charge in [0.25, 0.3) is 0 Å². The zero-order valence-electron chi connectivity index (χ0n) is 23.1. The van der Waals surface area contributed by atoms with E-state index in [9.17, 15) is 14.2 Å². The first-order valence-electron chi connectivity index (χ1n) is 12.1. The fourth-order valence-corrected chi connectivity index (χ4v) is 5.47. The first kappa shape index (κ1) is 30.4. The van der Waals surface area contributed by atoms with Gasteiger partial charge in [0.2, 0.25) is 5.75 Å². The third kappa shape index (κ3) is 7.09. The zero-order chi connectivity index (χ0) is 28.7. The molecule has 0 spiro atoms.